The average Bonchev–Trinajstić information content (AvgIpc) is 3.33. The van der Waals surface area contributed by atoms with Crippen molar-refractivity contribution in [3.8, 4) is 11.3 Å². The molecular formula is C25H26N8O3. The molecule has 36 heavy (non-hydrogen) atoms. The fourth-order valence-electron chi connectivity index (χ4n) is 3.45. The maximum atomic E-state index is 11.2. The van der Waals surface area contributed by atoms with Gasteiger partial charge in [-0.25, -0.2) is 5.43 Å². The standard InChI is InChI=1S/C25H26N8O3/c1-16-13-21(33(34)35)17(2)12-20(16)22-11-10-19(36-22)15-27-31-24-28-23(29-25(30-24)32(3)4)26-14-18-8-6-5-7-9-18/h5-13,15H,14H2,1-4H3,(H2,26,28,29,30,31)/b27-15-. The normalized spacial score (nSPS) is 11.0. The van der Waals surface area contributed by atoms with Crippen LogP contribution in [-0.4, -0.2) is 40.2 Å². The van der Waals surface area contributed by atoms with Crippen molar-refractivity contribution in [1.82, 2.24) is 15.0 Å². The number of aryl methyl sites for hydroxylation is 2. The van der Waals surface area contributed by atoms with Crippen molar-refractivity contribution in [1.29, 1.82) is 0 Å². The first-order valence-electron chi connectivity index (χ1n) is 11.2. The highest BCUT2D eigenvalue weighted by Crippen LogP contribution is 2.31. The molecule has 0 amide bonds. The maximum absolute atomic E-state index is 11.2. The van der Waals surface area contributed by atoms with Gasteiger partial charge in [0, 0.05) is 37.8 Å². The van der Waals surface area contributed by atoms with E-state index in [9.17, 15) is 10.1 Å². The zero-order chi connectivity index (χ0) is 25.7. The molecule has 0 aliphatic rings. The quantitative estimate of drug-likeness (QED) is 0.195. The number of furan rings is 1. The van der Waals surface area contributed by atoms with Gasteiger partial charge in [-0.05, 0) is 43.2 Å². The summed E-state index contributed by atoms with van der Waals surface area (Å²) in [4.78, 5) is 25.7. The Labute approximate surface area is 208 Å². The zero-order valence-electron chi connectivity index (χ0n) is 20.4. The smallest absolute Gasteiger partial charge is 0.272 e. The summed E-state index contributed by atoms with van der Waals surface area (Å²) in [5.74, 6) is 2.25. The molecule has 0 atom stereocenters. The first kappa shape index (κ1) is 24.3. The lowest BCUT2D eigenvalue weighted by Gasteiger charge is -2.13. The van der Waals surface area contributed by atoms with E-state index in [2.05, 4.69) is 30.8 Å². The Hall–Kier alpha value is -4.80. The number of anilines is 3. The van der Waals surface area contributed by atoms with Crippen LogP contribution in [0.1, 0.15) is 22.5 Å². The summed E-state index contributed by atoms with van der Waals surface area (Å²) in [6.07, 6.45) is 1.51. The molecule has 4 aromatic rings. The number of nitrogens with zero attached hydrogens (tertiary/aromatic N) is 6. The highest BCUT2D eigenvalue weighted by atomic mass is 16.6. The molecule has 0 aliphatic heterocycles. The lowest BCUT2D eigenvalue weighted by Crippen LogP contribution is -2.16. The van der Waals surface area contributed by atoms with Crippen LogP contribution in [0.2, 0.25) is 0 Å². The summed E-state index contributed by atoms with van der Waals surface area (Å²) in [7, 11) is 3.69. The van der Waals surface area contributed by atoms with Gasteiger partial charge in [0.1, 0.15) is 11.5 Å². The summed E-state index contributed by atoms with van der Waals surface area (Å²) in [5, 5.41) is 18.6. The molecule has 0 aliphatic carbocycles. The van der Waals surface area contributed by atoms with Crippen molar-refractivity contribution in [3.05, 3.63) is 87.2 Å². The molecule has 184 valence electrons. The Morgan fingerprint density at radius 2 is 1.78 bits per heavy atom. The van der Waals surface area contributed by atoms with Gasteiger partial charge < -0.3 is 14.6 Å². The Bertz CT molecular complexity index is 1400. The zero-order valence-corrected chi connectivity index (χ0v) is 20.4. The van der Waals surface area contributed by atoms with Crippen LogP contribution >= 0.6 is 0 Å². The summed E-state index contributed by atoms with van der Waals surface area (Å²) >= 11 is 0. The van der Waals surface area contributed by atoms with Gasteiger partial charge in [0.05, 0.1) is 11.1 Å². The average molecular weight is 487 g/mol. The van der Waals surface area contributed by atoms with Crippen LogP contribution in [0.4, 0.5) is 23.5 Å². The second-order valence-electron chi connectivity index (χ2n) is 8.30. The number of nitro groups is 1. The van der Waals surface area contributed by atoms with Gasteiger partial charge in [-0.3, -0.25) is 10.1 Å². The monoisotopic (exact) mass is 486 g/mol. The largest absolute Gasteiger partial charge is 0.455 e. The van der Waals surface area contributed by atoms with E-state index in [1.165, 1.54) is 6.21 Å². The van der Waals surface area contributed by atoms with Gasteiger partial charge in [0.2, 0.25) is 17.8 Å². The Morgan fingerprint density at radius 3 is 2.50 bits per heavy atom. The number of aromatic nitrogens is 3. The van der Waals surface area contributed by atoms with Crippen molar-refractivity contribution in [2.24, 2.45) is 5.10 Å². The molecule has 0 saturated heterocycles. The molecule has 0 fully saturated rings. The van der Waals surface area contributed by atoms with Gasteiger partial charge in [0.25, 0.3) is 5.69 Å². The molecular weight excluding hydrogens is 460 g/mol. The molecule has 0 saturated carbocycles. The van der Waals surface area contributed by atoms with E-state index in [0.717, 1.165) is 16.7 Å². The Kier molecular flexibility index (Phi) is 7.19. The topological polar surface area (TPSA) is 135 Å². The third-order valence-electron chi connectivity index (χ3n) is 5.31. The summed E-state index contributed by atoms with van der Waals surface area (Å²) in [6.45, 7) is 4.08. The molecule has 4 rings (SSSR count). The summed E-state index contributed by atoms with van der Waals surface area (Å²) in [6, 6.07) is 16.8. The van der Waals surface area contributed by atoms with Gasteiger partial charge in [0.15, 0.2) is 0 Å². The van der Waals surface area contributed by atoms with Crippen LogP contribution in [0.5, 0.6) is 0 Å². The van der Waals surface area contributed by atoms with E-state index in [0.29, 0.717) is 35.5 Å². The first-order chi connectivity index (χ1) is 17.3. The number of hydrazone groups is 1. The minimum atomic E-state index is -0.385. The van der Waals surface area contributed by atoms with Crippen molar-refractivity contribution >= 4 is 29.7 Å². The Balaban J connectivity index is 1.48. The van der Waals surface area contributed by atoms with Crippen LogP contribution in [0.25, 0.3) is 11.3 Å². The van der Waals surface area contributed by atoms with E-state index >= 15 is 0 Å². The summed E-state index contributed by atoms with van der Waals surface area (Å²) < 4.78 is 5.88. The van der Waals surface area contributed by atoms with Gasteiger partial charge in [-0.2, -0.15) is 20.1 Å². The second-order valence-corrected chi connectivity index (χ2v) is 8.30. The molecule has 0 spiro atoms. The second kappa shape index (κ2) is 10.6. The molecule has 0 unspecified atom stereocenters. The lowest BCUT2D eigenvalue weighted by atomic mass is 10.0. The fourth-order valence-corrected chi connectivity index (χ4v) is 3.45. The van der Waals surface area contributed by atoms with E-state index in [4.69, 9.17) is 4.42 Å². The van der Waals surface area contributed by atoms with E-state index in [-0.39, 0.29) is 16.6 Å². The SMILES string of the molecule is Cc1cc([N+](=O)[O-])c(C)cc1-c1ccc(/C=N\Nc2nc(NCc3ccccc3)nc(N(C)C)n2)o1. The molecule has 0 bridgehead atoms. The van der Waals surface area contributed by atoms with E-state index in [1.54, 1.807) is 36.1 Å². The first-order valence-corrected chi connectivity index (χ1v) is 11.2. The minimum Gasteiger partial charge on any atom is -0.455 e. The van der Waals surface area contributed by atoms with Gasteiger partial charge in [-0.15, -0.1) is 0 Å². The molecule has 2 heterocycles. The number of hydrogen-bond donors (Lipinski definition) is 2. The minimum absolute atomic E-state index is 0.0841. The predicted octanol–water partition coefficient (Wildman–Crippen LogP) is 4.78. The van der Waals surface area contributed by atoms with Crippen molar-refractivity contribution in [2.45, 2.75) is 20.4 Å². The molecule has 2 N–H and O–H groups in total. The van der Waals surface area contributed by atoms with Crippen molar-refractivity contribution in [3.63, 3.8) is 0 Å². The summed E-state index contributed by atoms with van der Waals surface area (Å²) in [5.41, 5.74) is 6.11. The fraction of sp³-hybridized carbons (Fsp3) is 0.200. The van der Waals surface area contributed by atoms with Crippen LogP contribution in [0.15, 0.2) is 64.1 Å². The number of rotatable bonds is 9. The van der Waals surface area contributed by atoms with E-state index < -0.39 is 0 Å². The maximum Gasteiger partial charge on any atom is 0.272 e. The predicted molar refractivity (Wildman–Crippen MR) is 139 cm³/mol. The van der Waals surface area contributed by atoms with Crippen molar-refractivity contribution in [2.75, 3.05) is 29.7 Å². The molecule has 2 aromatic heterocycles. The van der Waals surface area contributed by atoms with Crippen LogP contribution in [-0.2, 0) is 6.54 Å². The Morgan fingerprint density at radius 1 is 1.03 bits per heavy atom. The van der Waals surface area contributed by atoms with Crippen molar-refractivity contribution < 1.29 is 9.34 Å². The van der Waals surface area contributed by atoms with Gasteiger partial charge in [-0.1, -0.05) is 30.3 Å². The lowest BCUT2D eigenvalue weighted by molar-refractivity contribution is -0.385. The number of nitro benzene ring substituents is 1. The third kappa shape index (κ3) is 5.81. The molecule has 2 aromatic carbocycles. The highest BCUT2D eigenvalue weighted by molar-refractivity contribution is 5.78. The molecule has 11 heteroatoms. The van der Waals surface area contributed by atoms with Crippen LogP contribution in [0, 0.1) is 24.0 Å². The number of nitrogens with one attached hydrogen (secondary N) is 2. The molecule has 0 radical (unpaired) electrons. The highest BCUT2D eigenvalue weighted by Gasteiger charge is 2.16. The number of benzene rings is 2. The van der Waals surface area contributed by atoms with Crippen LogP contribution < -0.4 is 15.6 Å². The molecule has 11 nitrogen and oxygen atoms in total. The third-order valence-corrected chi connectivity index (χ3v) is 5.31. The van der Waals surface area contributed by atoms with Gasteiger partial charge >= 0.3 is 0 Å². The number of hydrogen-bond acceptors (Lipinski definition) is 10. The van der Waals surface area contributed by atoms with Crippen LogP contribution in [0.3, 0.4) is 0 Å². The van der Waals surface area contributed by atoms with E-state index in [1.807, 2.05) is 51.4 Å².